The zero-order chi connectivity index (χ0) is 20.1. The molecule has 0 radical (unpaired) electrons. The van der Waals surface area contributed by atoms with Crippen molar-refractivity contribution in [2.75, 3.05) is 13.1 Å². The van der Waals surface area contributed by atoms with E-state index < -0.39 is 21.9 Å². The van der Waals surface area contributed by atoms with E-state index in [9.17, 15) is 21.6 Å². The van der Waals surface area contributed by atoms with Gasteiger partial charge in [-0.3, -0.25) is 4.55 Å². The maximum Gasteiger partial charge on any atom is 0.416 e. The van der Waals surface area contributed by atoms with Crippen LogP contribution in [0, 0.1) is 6.92 Å². The maximum absolute atomic E-state index is 12.3. The normalized spacial score (nSPS) is 14.9. The molecule has 1 aliphatic rings. The van der Waals surface area contributed by atoms with Crippen molar-refractivity contribution < 1.29 is 30.9 Å². The second-order valence-electron chi connectivity index (χ2n) is 6.07. The van der Waals surface area contributed by atoms with Crippen molar-refractivity contribution in [3.8, 4) is 0 Å². The lowest BCUT2D eigenvalue weighted by Crippen LogP contribution is -2.48. The fourth-order valence-electron chi connectivity index (χ4n) is 2.09. The van der Waals surface area contributed by atoms with Crippen LogP contribution in [0.4, 0.5) is 13.2 Å². The molecule has 2 aromatic carbocycles. The number of rotatable bonds is 4. The highest BCUT2D eigenvalue weighted by atomic mass is 32.2. The summed E-state index contributed by atoms with van der Waals surface area (Å²) < 4.78 is 71.8. The Kier molecular flexibility index (Phi) is 6.99. The van der Waals surface area contributed by atoms with E-state index in [0.717, 1.165) is 36.3 Å². The Morgan fingerprint density at radius 1 is 1.07 bits per heavy atom. The predicted molar refractivity (Wildman–Crippen MR) is 93.9 cm³/mol. The summed E-state index contributed by atoms with van der Waals surface area (Å²) in [5, 5.41) is 3.05. The predicted octanol–water partition coefficient (Wildman–Crippen LogP) is 3.44. The molecule has 148 valence electrons. The minimum absolute atomic E-state index is 0.0666. The molecule has 0 atom stereocenters. The lowest BCUT2D eigenvalue weighted by atomic mass is 10.1. The fraction of sp³-hybridized carbons (Fsp3) is 0.333. The fourth-order valence-corrected chi connectivity index (χ4v) is 2.57. The Morgan fingerprint density at radius 2 is 1.63 bits per heavy atom. The number of hydrogen-bond acceptors (Lipinski definition) is 4. The minimum Gasteiger partial charge on any atom is -0.371 e. The zero-order valence-electron chi connectivity index (χ0n) is 14.5. The standard InChI is InChI=1S/C11H12F3NO.C7H8O3S/c12-11(13,14)9-3-1-8(2-4-9)7-16-10-5-15-6-10;1-6-2-4-7(5-3-6)11(8,9)10/h1-4,10,15H,5-7H2;2-5H,1H3,(H,8,9,10). The summed E-state index contributed by atoms with van der Waals surface area (Å²) in [5.74, 6) is 0. The van der Waals surface area contributed by atoms with E-state index in [1.165, 1.54) is 24.3 Å². The van der Waals surface area contributed by atoms with Gasteiger partial charge in [-0.15, -0.1) is 0 Å². The SMILES string of the molecule is Cc1ccc(S(=O)(=O)O)cc1.FC(F)(F)c1ccc(COC2CNC2)cc1. The second-order valence-corrected chi connectivity index (χ2v) is 7.50. The summed E-state index contributed by atoms with van der Waals surface area (Å²) in [6.07, 6.45) is -4.07. The number of halogens is 3. The number of ether oxygens (including phenoxy) is 1. The molecule has 1 saturated heterocycles. The van der Waals surface area contributed by atoms with Crippen molar-refractivity contribution in [2.45, 2.75) is 30.7 Å². The molecule has 0 unspecified atom stereocenters. The van der Waals surface area contributed by atoms with E-state index >= 15 is 0 Å². The molecule has 0 bridgehead atoms. The first kappa shape index (κ1) is 21.4. The molecule has 2 N–H and O–H groups in total. The number of nitrogens with one attached hydrogen (secondary N) is 1. The van der Waals surface area contributed by atoms with Crippen LogP contribution in [0.2, 0.25) is 0 Å². The Labute approximate surface area is 155 Å². The monoisotopic (exact) mass is 403 g/mol. The van der Waals surface area contributed by atoms with Gasteiger partial charge in [-0.25, -0.2) is 0 Å². The topological polar surface area (TPSA) is 75.6 Å². The molecule has 1 aliphatic heterocycles. The van der Waals surface area contributed by atoms with Gasteiger partial charge < -0.3 is 10.1 Å². The summed E-state index contributed by atoms with van der Waals surface area (Å²) >= 11 is 0. The van der Waals surface area contributed by atoms with Crippen LogP contribution in [0.3, 0.4) is 0 Å². The van der Waals surface area contributed by atoms with Gasteiger partial charge >= 0.3 is 6.18 Å². The van der Waals surface area contributed by atoms with E-state index in [-0.39, 0.29) is 11.0 Å². The van der Waals surface area contributed by atoms with Crippen molar-refractivity contribution >= 4 is 10.1 Å². The third kappa shape index (κ3) is 6.94. The summed E-state index contributed by atoms with van der Waals surface area (Å²) in [5.41, 5.74) is 1.10. The van der Waals surface area contributed by atoms with Gasteiger partial charge in [-0.2, -0.15) is 21.6 Å². The maximum atomic E-state index is 12.3. The van der Waals surface area contributed by atoms with E-state index in [4.69, 9.17) is 9.29 Å². The quantitative estimate of drug-likeness (QED) is 0.765. The number of alkyl halides is 3. The lowest BCUT2D eigenvalue weighted by molar-refractivity contribution is -0.137. The molecule has 0 aliphatic carbocycles. The van der Waals surface area contributed by atoms with Crippen LogP contribution in [0.5, 0.6) is 0 Å². The van der Waals surface area contributed by atoms with Gasteiger partial charge in [0.15, 0.2) is 0 Å². The van der Waals surface area contributed by atoms with Gasteiger partial charge in [0.1, 0.15) is 0 Å². The first-order valence-electron chi connectivity index (χ1n) is 8.08. The number of benzene rings is 2. The Hall–Kier alpha value is -1.94. The number of aryl methyl sites for hydroxylation is 1. The lowest BCUT2D eigenvalue weighted by Gasteiger charge is -2.27. The van der Waals surface area contributed by atoms with Crippen LogP contribution >= 0.6 is 0 Å². The highest BCUT2D eigenvalue weighted by Crippen LogP contribution is 2.29. The van der Waals surface area contributed by atoms with Crippen LogP contribution < -0.4 is 5.32 Å². The molecule has 5 nitrogen and oxygen atoms in total. The average Bonchev–Trinajstić information content (AvgIpc) is 2.53. The molecule has 3 rings (SSSR count). The molecule has 27 heavy (non-hydrogen) atoms. The van der Waals surface area contributed by atoms with Gasteiger partial charge in [0.2, 0.25) is 0 Å². The van der Waals surface area contributed by atoms with Crippen LogP contribution in [0.25, 0.3) is 0 Å². The Bertz CT molecular complexity index is 830. The Balaban J connectivity index is 0.000000208. The van der Waals surface area contributed by atoms with Crippen LogP contribution in [0.15, 0.2) is 53.4 Å². The summed E-state index contributed by atoms with van der Waals surface area (Å²) in [7, 11) is -4.02. The van der Waals surface area contributed by atoms with E-state index in [1.807, 2.05) is 6.92 Å². The first-order chi connectivity index (χ1) is 12.6. The van der Waals surface area contributed by atoms with Gasteiger partial charge in [-0.1, -0.05) is 29.8 Å². The minimum atomic E-state index is -4.27. The van der Waals surface area contributed by atoms with Crippen LogP contribution in [-0.2, 0) is 27.6 Å². The highest BCUT2D eigenvalue weighted by Gasteiger charge is 2.29. The molecule has 2 aromatic rings. The largest absolute Gasteiger partial charge is 0.416 e. The molecule has 1 heterocycles. The van der Waals surface area contributed by atoms with Gasteiger partial charge in [0, 0.05) is 13.1 Å². The third-order valence-electron chi connectivity index (χ3n) is 3.83. The summed E-state index contributed by atoms with van der Waals surface area (Å²) in [6.45, 7) is 3.85. The van der Waals surface area contributed by atoms with E-state index in [1.54, 1.807) is 12.1 Å². The zero-order valence-corrected chi connectivity index (χ0v) is 15.3. The highest BCUT2D eigenvalue weighted by molar-refractivity contribution is 7.85. The molecule has 9 heteroatoms. The van der Waals surface area contributed by atoms with Crippen LogP contribution in [0.1, 0.15) is 16.7 Å². The Morgan fingerprint density at radius 3 is 2.04 bits per heavy atom. The molecule has 1 fully saturated rings. The first-order valence-corrected chi connectivity index (χ1v) is 9.52. The van der Waals surface area contributed by atoms with Crippen molar-refractivity contribution in [3.63, 3.8) is 0 Å². The molecular formula is C18H20F3NO4S. The van der Waals surface area contributed by atoms with E-state index in [0.29, 0.717) is 6.61 Å². The van der Waals surface area contributed by atoms with Gasteiger partial charge in [0.25, 0.3) is 10.1 Å². The summed E-state index contributed by atoms with van der Waals surface area (Å²) in [4.78, 5) is -0.0666. The average molecular weight is 403 g/mol. The van der Waals surface area contributed by atoms with Crippen molar-refractivity contribution in [1.29, 1.82) is 0 Å². The summed E-state index contributed by atoms with van der Waals surface area (Å²) in [6, 6.07) is 11.1. The van der Waals surface area contributed by atoms with Crippen molar-refractivity contribution in [3.05, 3.63) is 65.2 Å². The smallest absolute Gasteiger partial charge is 0.371 e. The van der Waals surface area contributed by atoms with Crippen molar-refractivity contribution in [2.24, 2.45) is 0 Å². The van der Waals surface area contributed by atoms with E-state index in [2.05, 4.69) is 5.32 Å². The third-order valence-corrected chi connectivity index (χ3v) is 4.70. The molecular weight excluding hydrogens is 383 g/mol. The van der Waals surface area contributed by atoms with Gasteiger partial charge in [0.05, 0.1) is 23.2 Å². The second kappa shape index (κ2) is 8.83. The number of hydrogen-bond donors (Lipinski definition) is 2. The van der Waals surface area contributed by atoms with Crippen LogP contribution in [-0.4, -0.2) is 32.2 Å². The molecule has 0 saturated carbocycles. The van der Waals surface area contributed by atoms with Gasteiger partial charge in [-0.05, 0) is 36.8 Å². The molecule has 0 spiro atoms. The van der Waals surface area contributed by atoms with Crippen molar-refractivity contribution in [1.82, 2.24) is 5.32 Å². The molecule has 0 aromatic heterocycles. The molecule has 0 amide bonds.